The molecule has 0 aliphatic heterocycles. The normalized spacial score (nSPS) is 11.0. The van der Waals surface area contributed by atoms with Crippen molar-refractivity contribution in [3.8, 4) is 5.75 Å². The molecule has 0 aromatic heterocycles. The number of unbranched alkanes of at least 4 members (excludes halogenated alkanes) is 3. The van der Waals surface area contributed by atoms with Gasteiger partial charge in [-0.1, -0.05) is 32.3 Å². The minimum atomic E-state index is -0.324. The number of hydrogen-bond acceptors (Lipinski definition) is 4. The number of rotatable bonds is 11. The molecule has 0 heterocycles. The number of amides is 2. The van der Waals surface area contributed by atoms with Crippen LogP contribution in [0.15, 0.2) is 48.5 Å². The molecule has 2 amide bonds. The van der Waals surface area contributed by atoms with Crippen molar-refractivity contribution in [1.82, 2.24) is 5.32 Å². The summed E-state index contributed by atoms with van der Waals surface area (Å²) >= 11 is 0. The highest BCUT2D eigenvalue weighted by Crippen LogP contribution is 2.16. The lowest BCUT2D eigenvalue weighted by Crippen LogP contribution is -2.40. The van der Waals surface area contributed by atoms with Crippen molar-refractivity contribution in [2.45, 2.75) is 58.9 Å². The van der Waals surface area contributed by atoms with E-state index >= 15 is 0 Å². The van der Waals surface area contributed by atoms with E-state index in [9.17, 15) is 9.59 Å². The zero-order valence-electron chi connectivity index (χ0n) is 19.1. The van der Waals surface area contributed by atoms with Crippen molar-refractivity contribution < 1.29 is 14.3 Å². The summed E-state index contributed by atoms with van der Waals surface area (Å²) in [6.45, 7) is 8.81. The Bertz CT molecular complexity index is 842. The third-order valence-corrected chi connectivity index (χ3v) is 4.47. The molecule has 0 spiro atoms. The van der Waals surface area contributed by atoms with Gasteiger partial charge in [-0.15, -0.1) is 0 Å². The van der Waals surface area contributed by atoms with Gasteiger partial charge in [0.2, 0.25) is 5.91 Å². The molecule has 2 rings (SSSR count). The second kappa shape index (κ2) is 12.0. The predicted octanol–water partition coefficient (Wildman–Crippen LogP) is 5.22. The molecule has 0 aliphatic rings. The number of hydrogen-bond donors (Lipinski definition) is 3. The smallest absolute Gasteiger partial charge is 0.251 e. The molecule has 2 aromatic carbocycles. The van der Waals surface area contributed by atoms with Gasteiger partial charge in [-0.3, -0.25) is 9.59 Å². The predicted molar refractivity (Wildman–Crippen MR) is 127 cm³/mol. The van der Waals surface area contributed by atoms with E-state index in [0.717, 1.165) is 24.5 Å². The maximum Gasteiger partial charge on any atom is 0.251 e. The number of nitrogens with one attached hydrogen (secondary N) is 3. The molecule has 0 aliphatic carbocycles. The first-order valence-electron chi connectivity index (χ1n) is 11.0. The van der Waals surface area contributed by atoms with E-state index in [1.807, 2.05) is 45.0 Å². The molecule has 2 aromatic rings. The molecule has 0 fully saturated rings. The first-order valence-corrected chi connectivity index (χ1v) is 11.0. The van der Waals surface area contributed by atoms with Crippen LogP contribution in [0.4, 0.5) is 11.4 Å². The monoisotopic (exact) mass is 425 g/mol. The van der Waals surface area contributed by atoms with Gasteiger partial charge >= 0.3 is 0 Å². The maximum absolute atomic E-state index is 12.3. The van der Waals surface area contributed by atoms with Gasteiger partial charge in [0.1, 0.15) is 5.75 Å². The molecule has 0 saturated heterocycles. The van der Waals surface area contributed by atoms with E-state index in [-0.39, 0.29) is 23.9 Å². The Labute approximate surface area is 185 Å². The van der Waals surface area contributed by atoms with Crippen molar-refractivity contribution in [2.75, 3.05) is 23.8 Å². The molecule has 31 heavy (non-hydrogen) atoms. The Morgan fingerprint density at radius 1 is 0.935 bits per heavy atom. The molecule has 0 unspecified atom stereocenters. The first kappa shape index (κ1) is 24.3. The first-order chi connectivity index (χ1) is 14.8. The molecule has 0 saturated carbocycles. The lowest BCUT2D eigenvalue weighted by atomic mass is 10.1. The van der Waals surface area contributed by atoms with Crippen LogP contribution in [-0.2, 0) is 4.79 Å². The van der Waals surface area contributed by atoms with Crippen LogP contribution in [0, 0.1) is 0 Å². The summed E-state index contributed by atoms with van der Waals surface area (Å²) in [7, 11) is 0. The number of carbonyl (C=O) groups is 2. The van der Waals surface area contributed by atoms with Crippen molar-refractivity contribution in [1.29, 1.82) is 0 Å². The van der Waals surface area contributed by atoms with E-state index < -0.39 is 0 Å². The molecular weight excluding hydrogens is 390 g/mol. The molecule has 6 heteroatoms. The van der Waals surface area contributed by atoms with E-state index in [4.69, 9.17) is 4.74 Å². The summed E-state index contributed by atoms with van der Waals surface area (Å²) < 4.78 is 5.73. The Kier molecular flexibility index (Phi) is 9.38. The fourth-order valence-corrected chi connectivity index (χ4v) is 2.93. The lowest BCUT2D eigenvalue weighted by molar-refractivity contribution is -0.114. The van der Waals surface area contributed by atoms with Crippen LogP contribution < -0.4 is 20.7 Å². The summed E-state index contributed by atoms with van der Waals surface area (Å²) in [5, 5.41) is 8.83. The molecular formula is C25H35N3O3. The second-order valence-electron chi connectivity index (χ2n) is 8.62. The average Bonchev–Trinajstić information content (AvgIpc) is 2.72. The summed E-state index contributed by atoms with van der Waals surface area (Å²) in [6, 6.07) is 14.5. The van der Waals surface area contributed by atoms with Crippen LogP contribution in [0.1, 0.15) is 63.7 Å². The van der Waals surface area contributed by atoms with Crippen LogP contribution in [0.2, 0.25) is 0 Å². The van der Waals surface area contributed by atoms with Crippen molar-refractivity contribution >= 4 is 23.2 Å². The summed E-state index contributed by atoms with van der Waals surface area (Å²) in [5.41, 5.74) is 1.61. The summed E-state index contributed by atoms with van der Waals surface area (Å²) in [4.78, 5) is 24.6. The van der Waals surface area contributed by atoms with Crippen molar-refractivity contribution in [3.05, 3.63) is 54.1 Å². The number of anilines is 2. The Morgan fingerprint density at radius 2 is 1.68 bits per heavy atom. The fourth-order valence-electron chi connectivity index (χ4n) is 2.93. The van der Waals surface area contributed by atoms with Crippen LogP contribution >= 0.6 is 0 Å². The van der Waals surface area contributed by atoms with Crippen LogP contribution in [0.3, 0.4) is 0 Å². The minimum absolute atomic E-state index is 0.121. The van der Waals surface area contributed by atoms with E-state index in [0.29, 0.717) is 11.3 Å². The molecule has 0 radical (unpaired) electrons. The molecule has 0 atom stereocenters. The summed E-state index contributed by atoms with van der Waals surface area (Å²) in [5.74, 6) is 0.468. The van der Waals surface area contributed by atoms with Crippen molar-refractivity contribution in [3.63, 3.8) is 0 Å². The minimum Gasteiger partial charge on any atom is -0.494 e. The second-order valence-corrected chi connectivity index (χ2v) is 8.62. The molecule has 0 bridgehead atoms. The van der Waals surface area contributed by atoms with Gasteiger partial charge in [-0.2, -0.15) is 0 Å². The zero-order chi connectivity index (χ0) is 22.7. The SMILES string of the molecule is CCCCCCOc1ccc(NCC(=O)Nc2cccc(C(=O)NC(C)(C)C)c2)cc1. The average molecular weight is 426 g/mol. The fraction of sp³-hybridized carbons (Fsp3) is 0.440. The number of carbonyl (C=O) groups excluding carboxylic acids is 2. The Morgan fingerprint density at radius 3 is 2.35 bits per heavy atom. The third kappa shape index (κ3) is 9.55. The van der Waals surface area contributed by atoms with Crippen LogP contribution in [-0.4, -0.2) is 30.5 Å². The van der Waals surface area contributed by atoms with Crippen molar-refractivity contribution in [2.24, 2.45) is 0 Å². The standard InChI is InChI=1S/C25H35N3O3/c1-5-6-7-8-16-31-22-14-12-20(13-15-22)26-18-23(29)27-21-11-9-10-19(17-21)24(30)28-25(2,3)4/h9-15,17,26H,5-8,16,18H2,1-4H3,(H,27,29)(H,28,30). The van der Waals surface area contributed by atoms with E-state index in [1.54, 1.807) is 24.3 Å². The maximum atomic E-state index is 12.3. The Balaban J connectivity index is 1.79. The van der Waals surface area contributed by atoms with E-state index in [1.165, 1.54) is 19.3 Å². The quantitative estimate of drug-likeness (QED) is 0.431. The highest BCUT2D eigenvalue weighted by Gasteiger charge is 2.15. The lowest BCUT2D eigenvalue weighted by Gasteiger charge is -2.20. The number of ether oxygens (including phenoxy) is 1. The molecule has 3 N–H and O–H groups in total. The largest absolute Gasteiger partial charge is 0.494 e. The molecule has 6 nitrogen and oxygen atoms in total. The van der Waals surface area contributed by atoms with Crippen LogP contribution in [0.5, 0.6) is 5.75 Å². The van der Waals surface area contributed by atoms with Gasteiger partial charge in [-0.25, -0.2) is 0 Å². The highest BCUT2D eigenvalue weighted by molar-refractivity contribution is 5.98. The van der Waals surface area contributed by atoms with Gasteiger partial charge in [0.05, 0.1) is 13.2 Å². The van der Waals surface area contributed by atoms with E-state index in [2.05, 4.69) is 22.9 Å². The van der Waals surface area contributed by atoms with Gasteiger partial charge in [0.25, 0.3) is 5.91 Å². The summed E-state index contributed by atoms with van der Waals surface area (Å²) in [6.07, 6.45) is 4.71. The van der Waals surface area contributed by atoms with Crippen LogP contribution in [0.25, 0.3) is 0 Å². The molecule has 168 valence electrons. The van der Waals surface area contributed by atoms with Gasteiger partial charge in [0.15, 0.2) is 0 Å². The van der Waals surface area contributed by atoms with Gasteiger partial charge < -0.3 is 20.7 Å². The van der Waals surface area contributed by atoms with Gasteiger partial charge in [0, 0.05) is 22.5 Å². The highest BCUT2D eigenvalue weighted by atomic mass is 16.5. The zero-order valence-corrected chi connectivity index (χ0v) is 19.1. The Hall–Kier alpha value is -3.02. The number of benzene rings is 2. The topological polar surface area (TPSA) is 79.5 Å². The van der Waals surface area contributed by atoms with Gasteiger partial charge in [-0.05, 0) is 69.7 Å². The third-order valence-electron chi connectivity index (χ3n) is 4.47.